The number of anilines is 1. The topological polar surface area (TPSA) is 86.5 Å². The highest BCUT2D eigenvalue weighted by Crippen LogP contribution is 2.36. The number of aryl methyl sites for hydroxylation is 2. The average Bonchev–Trinajstić information content (AvgIpc) is 3.22. The zero-order valence-corrected chi connectivity index (χ0v) is 19.5. The van der Waals surface area contributed by atoms with Gasteiger partial charge in [-0.3, -0.25) is 14.5 Å². The second-order valence-corrected chi connectivity index (χ2v) is 9.29. The van der Waals surface area contributed by atoms with Gasteiger partial charge < -0.3 is 20.4 Å². The van der Waals surface area contributed by atoms with Crippen LogP contribution in [0.3, 0.4) is 0 Å². The summed E-state index contributed by atoms with van der Waals surface area (Å²) in [6.07, 6.45) is 0.551. The van der Waals surface area contributed by atoms with E-state index in [-0.39, 0.29) is 17.7 Å². The summed E-state index contributed by atoms with van der Waals surface area (Å²) in [4.78, 5) is 31.4. The number of H-pyrrole nitrogens is 1. The van der Waals surface area contributed by atoms with Gasteiger partial charge in [0.05, 0.1) is 24.7 Å². The molecule has 0 aliphatic carbocycles. The molecule has 2 aliphatic heterocycles. The van der Waals surface area contributed by atoms with Crippen molar-refractivity contribution in [2.75, 3.05) is 44.7 Å². The summed E-state index contributed by atoms with van der Waals surface area (Å²) in [5, 5.41) is 6.09. The lowest BCUT2D eigenvalue weighted by molar-refractivity contribution is -0.117. The van der Waals surface area contributed by atoms with Gasteiger partial charge in [-0.05, 0) is 43.9 Å². The third-order valence-electron chi connectivity index (χ3n) is 6.62. The number of ether oxygens (including phenoxy) is 1. The van der Waals surface area contributed by atoms with Crippen molar-refractivity contribution >= 4 is 17.5 Å². The molecule has 4 rings (SSSR count). The zero-order valence-electron chi connectivity index (χ0n) is 19.5. The molecule has 2 atom stereocenters. The van der Waals surface area contributed by atoms with Crippen molar-refractivity contribution in [1.82, 2.24) is 15.2 Å². The Hall–Kier alpha value is -2.64. The van der Waals surface area contributed by atoms with E-state index in [1.807, 2.05) is 32.9 Å². The van der Waals surface area contributed by atoms with Gasteiger partial charge >= 0.3 is 0 Å². The number of nitrogens with one attached hydrogen (secondary N) is 3. The Morgan fingerprint density at radius 2 is 2.00 bits per heavy atom. The van der Waals surface area contributed by atoms with Crippen LogP contribution in [0, 0.1) is 26.7 Å². The van der Waals surface area contributed by atoms with E-state index in [1.165, 1.54) is 0 Å². The number of aromatic amines is 1. The molecule has 0 saturated carbocycles. The maximum absolute atomic E-state index is 13.0. The Balaban J connectivity index is 1.41. The van der Waals surface area contributed by atoms with Crippen LogP contribution in [0.5, 0.6) is 0 Å². The van der Waals surface area contributed by atoms with E-state index in [0.29, 0.717) is 24.4 Å². The monoisotopic (exact) mass is 438 g/mol. The van der Waals surface area contributed by atoms with E-state index in [0.717, 1.165) is 66.6 Å². The molecule has 1 aromatic heterocycles. The van der Waals surface area contributed by atoms with Crippen LogP contribution in [-0.4, -0.2) is 61.1 Å². The van der Waals surface area contributed by atoms with Crippen molar-refractivity contribution in [2.45, 2.75) is 40.0 Å². The van der Waals surface area contributed by atoms with Crippen LogP contribution in [0.2, 0.25) is 0 Å². The van der Waals surface area contributed by atoms with Gasteiger partial charge in [0.2, 0.25) is 5.91 Å². The zero-order chi connectivity index (χ0) is 22.8. The minimum atomic E-state index is -0.244. The SMILES string of the molecule is Cc1ccc2c(c1)C(Cc1[nH]c(C)c(C(=O)NC[C@@H](C)CN3CCOCC3)c1C)C(=O)N2. The molecule has 172 valence electrons. The smallest absolute Gasteiger partial charge is 0.253 e. The number of aromatic nitrogens is 1. The highest BCUT2D eigenvalue weighted by molar-refractivity contribution is 6.03. The van der Waals surface area contributed by atoms with Crippen LogP contribution < -0.4 is 10.6 Å². The van der Waals surface area contributed by atoms with E-state index in [9.17, 15) is 9.59 Å². The molecule has 1 saturated heterocycles. The fourth-order valence-electron chi connectivity index (χ4n) is 4.86. The Morgan fingerprint density at radius 3 is 2.75 bits per heavy atom. The molecule has 7 nitrogen and oxygen atoms in total. The number of morpholine rings is 1. The number of amides is 2. The Morgan fingerprint density at radius 1 is 1.25 bits per heavy atom. The quantitative estimate of drug-likeness (QED) is 0.620. The number of rotatable bonds is 7. The third-order valence-corrected chi connectivity index (χ3v) is 6.62. The fourth-order valence-corrected chi connectivity index (χ4v) is 4.86. The first-order valence-electron chi connectivity index (χ1n) is 11.5. The molecule has 2 amide bonds. The standard InChI is InChI=1S/C25H34N4O3/c1-15-5-6-21-19(11-15)20(24(30)28-21)12-22-17(3)23(18(4)27-22)25(31)26-13-16(2)14-29-7-9-32-10-8-29/h5-6,11,16,20,27H,7-10,12-14H2,1-4H3,(H,26,31)(H,28,30)/t16-,20?/m1/s1. The molecular weight excluding hydrogens is 404 g/mol. The van der Waals surface area contributed by atoms with Gasteiger partial charge in [-0.25, -0.2) is 0 Å². The minimum Gasteiger partial charge on any atom is -0.379 e. The molecule has 1 fully saturated rings. The van der Waals surface area contributed by atoms with Gasteiger partial charge in [0, 0.05) is 49.7 Å². The van der Waals surface area contributed by atoms with Crippen LogP contribution >= 0.6 is 0 Å². The van der Waals surface area contributed by atoms with Crippen LogP contribution in [0.4, 0.5) is 5.69 Å². The van der Waals surface area contributed by atoms with Gasteiger partial charge in [-0.1, -0.05) is 24.6 Å². The summed E-state index contributed by atoms with van der Waals surface area (Å²) in [5.74, 6) is 0.0766. The van der Waals surface area contributed by atoms with Crippen molar-refractivity contribution < 1.29 is 14.3 Å². The Labute approximate surface area is 189 Å². The Kier molecular flexibility index (Phi) is 6.67. The molecule has 3 heterocycles. The van der Waals surface area contributed by atoms with E-state index < -0.39 is 0 Å². The van der Waals surface area contributed by atoms with Crippen molar-refractivity contribution in [3.8, 4) is 0 Å². The normalized spacial score (nSPS) is 19.5. The van der Waals surface area contributed by atoms with Gasteiger partial charge in [0.15, 0.2) is 0 Å². The van der Waals surface area contributed by atoms with Crippen LogP contribution in [0.15, 0.2) is 18.2 Å². The maximum Gasteiger partial charge on any atom is 0.253 e. The highest BCUT2D eigenvalue weighted by atomic mass is 16.5. The summed E-state index contributed by atoms with van der Waals surface area (Å²) in [7, 11) is 0. The lowest BCUT2D eigenvalue weighted by Gasteiger charge is -2.29. The van der Waals surface area contributed by atoms with Crippen molar-refractivity contribution in [1.29, 1.82) is 0 Å². The van der Waals surface area contributed by atoms with Crippen molar-refractivity contribution in [3.05, 3.63) is 51.8 Å². The third kappa shape index (κ3) is 4.74. The van der Waals surface area contributed by atoms with Gasteiger partial charge in [0.1, 0.15) is 0 Å². The van der Waals surface area contributed by atoms with Gasteiger partial charge in [-0.15, -0.1) is 0 Å². The number of carbonyl (C=O) groups is 2. The summed E-state index contributed by atoms with van der Waals surface area (Å²) in [5.41, 5.74) is 6.47. The molecule has 0 bridgehead atoms. The Bertz CT molecular complexity index is 1010. The number of nitrogens with zero attached hydrogens (tertiary/aromatic N) is 1. The molecule has 1 unspecified atom stereocenters. The largest absolute Gasteiger partial charge is 0.379 e. The van der Waals surface area contributed by atoms with Crippen molar-refractivity contribution in [2.24, 2.45) is 5.92 Å². The molecule has 7 heteroatoms. The van der Waals surface area contributed by atoms with E-state index in [2.05, 4.69) is 33.5 Å². The van der Waals surface area contributed by atoms with Crippen LogP contribution in [0.25, 0.3) is 0 Å². The van der Waals surface area contributed by atoms with Crippen molar-refractivity contribution in [3.63, 3.8) is 0 Å². The first kappa shape index (κ1) is 22.6. The number of carbonyl (C=O) groups excluding carboxylic acids is 2. The average molecular weight is 439 g/mol. The second kappa shape index (κ2) is 9.46. The van der Waals surface area contributed by atoms with E-state index >= 15 is 0 Å². The summed E-state index contributed by atoms with van der Waals surface area (Å²) < 4.78 is 5.41. The molecule has 32 heavy (non-hydrogen) atoms. The number of fused-ring (bicyclic) bond motifs is 1. The molecule has 0 spiro atoms. The summed E-state index contributed by atoms with van der Waals surface area (Å²) in [6.45, 7) is 13.2. The molecule has 1 aromatic carbocycles. The van der Waals surface area contributed by atoms with Crippen LogP contribution in [-0.2, 0) is 16.0 Å². The predicted octanol–water partition coefficient (Wildman–Crippen LogP) is 2.92. The van der Waals surface area contributed by atoms with E-state index in [4.69, 9.17) is 4.74 Å². The minimum absolute atomic E-state index is 0.0141. The predicted molar refractivity (Wildman–Crippen MR) is 125 cm³/mol. The molecule has 2 aromatic rings. The lowest BCUT2D eigenvalue weighted by Crippen LogP contribution is -2.41. The number of hydrogen-bond acceptors (Lipinski definition) is 4. The van der Waals surface area contributed by atoms with Gasteiger partial charge in [-0.2, -0.15) is 0 Å². The maximum atomic E-state index is 13.0. The first-order chi connectivity index (χ1) is 15.3. The molecule has 0 radical (unpaired) electrons. The first-order valence-corrected chi connectivity index (χ1v) is 11.5. The highest BCUT2D eigenvalue weighted by Gasteiger charge is 2.32. The molecular formula is C25H34N4O3. The van der Waals surface area contributed by atoms with E-state index in [1.54, 1.807) is 0 Å². The lowest BCUT2D eigenvalue weighted by atomic mass is 9.93. The summed E-state index contributed by atoms with van der Waals surface area (Å²) in [6, 6.07) is 6.05. The fraction of sp³-hybridized carbons (Fsp3) is 0.520. The molecule has 3 N–H and O–H groups in total. The van der Waals surface area contributed by atoms with Crippen LogP contribution in [0.1, 0.15) is 51.3 Å². The summed E-state index contributed by atoms with van der Waals surface area (Å²) >= 11 is 0. The molecule has 2 aliphatic rings. The second-order valence-electron chi connectivity index (χ2n) is 9.29. The number of benzene rings is 1. The number of hydrogen-bond donors (Lipinski definition) is 3. The van der Waals surface area contributed by atoms with Gasteiger partial charge in [0.25, 0.3) is 5.91 Å².